The third-order valence-electron chi connectivity index (χ3n) is 7.06. The highest BCUT2D eigenvalue weighted by atomic mass is 32.2. The molecule has 1 aliphatic rings. The van der Waals surface area contributed by atoms with E-state index in [0.717, 1.165) is 28.4 Å². The van der Waals surface area contributed by atoms with E-state index in [-0.39, 0.29) is 46.9 Å². The van der Waals surface area contributed by atoms with Gasteiger partial charge >= 0.3 is 18.3 Å². The van der Waals surface area contributed by atoms with E-state index < -0.39 is 65.2 Å². The van der Waals surface area contributed by atoms with Crippen molar-refractivity contribution in [3.63, 3.8) is 0 Å². The van der Waals surface area contributed by atoms with Crippen LogP contribution in [0.15, 0.2) is 64.8 Å². The second kappa shape index (κ2) is 16.1. The first-order valence-electron chi connectivity index (χ1n) is 15.4. The number of nitrogens with zero attached hydrogens (tertiary/aromatic N) is 5. The fraction of sp³-hybridized carbons (Fsp3) is 0.419. The minimum absolute atomic E-state index is 0.0802. The minimum Gasteiger partial charge on any atom is -0.569 e. The molecule has 20 heteroatoms. The summed E-state index contributed by atoms with van der Waals surface area (Å²) in [5.74, 6) is -2.01. The number of hydrazine groups is 1. The van der Waals surface area contributed by atoms with Gasteiger partial charge in [-0.05, 0) is 51.1 Å². The summed E-state index contributed by atoms with van der Waals surface area (Å²) in [6.45, 7) is 6.64. The van der Waals surface area contributed by atoms with Gasteiger partial charge in [-0.1, -0.05) is 29.8 Å². The van der Waals surface area contributed by atoms with Crippen LogP contribution >= 0.6 is 0 Å². The molecule has 0 bridgehead atoms. The number of sulfonamides is 1. The fourth-order valence-corrected chi connectivity index (χ4v) is 5.51. The zero-order valence-electron chi connectivity index (χ0n) is 27.8. The lowest BCUT2D eigenvalue weighted by Crippen LogP contribution is -2.52. The van der Waals surface area contributed by atoms with Crippen LogP contribution in [0, 0.1) is 18.0 Å². The average molecular weight is 741 g/mol. The number of hydrogen-bond donors (Lipinski definition) is 1. The molecule has 4 rings (SSSR count). The number of esters is 1. The Morgan fingerprint density at radius 2 is 1.69 bits per heavy atom. The van der Waals surface area contributed by atoms with Crippen LogP contribution in [0.5, 0.6) is 0 Å². The average Bonchev–Trinajstić information content (AvgIpc) is 3.48. The van der Waals surface area contributed by atoms with Gasteiger partial charge in [0.1, 0.15) is 0 Å². The van der Waals surface area contributed by atoms with Crippen LogP contribution in [0.2, 0.25) is 0 Å². The number of benzene rings is 2. The zero-order chi connectivity index (χ0) is 37.5. The van der Waals surface area contributed by atoms with Crippen LogP contribution in [-0.4, -0.2) is 78.3 Å². The first kappa shape index (κ1) is 38.4. The number of hydrogen-bond acceptors (Lipinski definition) is 12. The predicted octanol–water partition coefficient (Wildman–Crippen LogP) is 4.64. The summed E-state index contributed by atoms with van der Waals surface area (Å²) in [5, 5.41) is 20.2. The lowest BCUT2D eigenvalue weighted by atomic mass is 10.0. The van der Waals surface area contributed by atoms with Crippen molar-refractivity contribution in [1.82, 2.24) is 19.5 Å². The summed E-state index contributed by atoms with van der Waals surface area (Å²) in [4.78, 5) is 40.5. The van der Waals surface area contributed by atoms with Crippen LogP contribution in [0.25, 0.3) is 16.9 Å². The standard InChI is InChI=1S/C31H35F3N6O10S/c1-19(2)48-30(43)49-21(4)50-37-40(44)38-16-22(17-38)18-47-29(42)14-13-28(41)36-51(45,46)25-11-9-24(10-12-25)39-26(15-27(35-39)31(32,33)34)23-7-5-20(3)6-8-23/h5-12,15,19,21-22H,13-14,16-18H2,1-4H3,(H,36,41)/b40-37+. The highest BCUT2D eigenvalue weighted by Gasteiger charge is 2.36. The van der Waals surface area contributed by atoms with E-state index in [4.69, 9.17) is 19.0 Å². The Labute approximate surface area is 290 Å². The number of nitrogens with one attached hydrogen (secondary N) is 1. The minimum atomic E-state index is -4.72. The summed E-state index contributed by atoms with van der Waals surface area (Å²) in [6, 6.07) is 12.3. The summed E-state index contributed by atoms with van der Waals surface area (Å²) >= 11 is 0. The maximum atomic E-state index is 13.5. The van der Waals surface area contributed by atoms with E-state index in [2.05, 4.69) is 10.4 Å². The highest BCUT2D eigenvalue weighted by Crippen LogP contribution is 2.33. The van der Waals surface area contributed by atoms with Gasteiger partial charge in [-0.3, -0.25) is 14.4 Å². The first-order chi connectivity index (χ1) is 23.9. The van der Waals surface area contributed by atoms with E-state index in [1.54, 1.807) is 38.1 Å². The van der Waals surface area contributed by atoms with Gasteiger partial charge in [0.05, 0.1) is 53.5 Å². The van der Waals surface area contributed by atoms with Gasteiger partial charge in [-0.25, -0.2) is 22.6 Å². The Morgan fingerprint density at radius 3 is 2.29 bits per heavy atom. The molecule has 2 aromatic carbocycles. The van der Waals surface area contributed by atoms with Crippen molar-refractivity contribution < 1.29 is 60.0 Å². The van der Waals surface area contributed by atoms with Gasteiger partial charge in [0.25, 0.3) is 16.3 Å². The molecule has 1 aromatic heterocycles. The number of ether oxygens (including phenoxy) is 3. The van der Waals surface area contributed by atoms with Gasteiger partial charge in [-0.2, -0.15) is 18.3 Å². The third kappa shape index (κ3) is 10.8. The quantitative estimate of drug-likeness (QED) is 0.0792. The molecule has 0 aliphatic carbocycles. The van der Waals surface area contributed by atoms with E-state index >= 15 is 0 Å². The molecule has 0 saturated carbocycles. The van der Waals surface area contributed by atoms with Crippen LogP contribution in [-0.2, 0) is 44.8 Å². The molecular weight excluding hydrogens is 705 g/mol. The molecule has 1 amide bonds. The van der Waals surface area contributed by atoms with Crippen molar-refractivity contribution in [1.29, 1.82) is 0 Å². The van der Waals surface area contributed by atoms with Crippen LogP contribution in [0.1, 0.15) is 44.9 Å². The van der Waals surface area contributed by atoms with Crippen molar-refractivity contribution in [3.05, 3.63) is 71.1 Å². The van der Waals surface area contributed by atoms with Crippen molar-refractivity contribution in [3.8, 4) is 16.9 Å². The largest absolute Gasteiger partial charge is 0.569 e. The maximum absolute atomic E-state index is 13.5. The molecule has 1 unspecified atom stereocenters. The number of aromatic nitrogens is 2. The predicted molar refractivity (Wildman–Crippen MR) is 169 cm³/mol. The van der Waals surface area contributed by atoms with Gasteiger partial charge in [0, 0.05) is 24.8 Å². The van der Waals surface area contributed by atoms with Crippen molar-refractivity contribution in [2.75, 3.05) is 19.7 Å². The number of amides is 1. The number of carbonyl (C=O) groups excluding carboxylic acids is 3. The number of rotatable bonds is 14. The summed E-state index contributed by atoms with van der Waals surface area (Å²) in [7, 11) is -4.40. The highest BCUT2D eigenvalue weighted by molar-refractivity contribution is 7.90. The van der Waals surface area contributed by atoms with Gasteiger partial charge in [0.2, 0.25) is 11.2 Å². The number of carbonyl (C=O) groups is 3. The van der Waals surface area contributed by atoms with E-state index in [1.165, 1.54) is 24.1 Å². The lowest BCUT2D eigenvalue weighted by Gasteiger charge is -2.33. The molecule has 3 aromatic rings. The van der Waals surface area contributed by atoms with Crippen LogP contribution < -0.4 is 4.72 Å². The normalized spacial score (nSPS) is 14.4. The van der Waals surface area contributed by atoms with Crippen molar-refractivity contribution >= 4 is 28.1 Å². The Balaban J connectivity index is 1.23. The van der Waals surface area contributed by atoms with Gasteiger partial charge in [-0.15, -0.1) is 5.01 Å². The van der Waals surface area contributed by atoms with E-state index in [1.807, 2.05) is 11.6 Å². The summed E-state index contributed by atoms with van der Waals surface area (Å²) in [6.07, 6.45) is -8.27. The molecule has 1 aliphatic heterocycles. The zero-order valence-corrected chi connectivity index (χ0v) is 28.6. The van der Waals surface area contributed by atoms with Crippen molar-refractivity contribution in [2.24, 2.45) is 11.2 Å². The second-order valence-electron chi connectivity index (χ2n) is 11.7. The Kier molecular flexibility index (Phi) is 12.1. The number of aryl methyl sites for hydroxylation is 1. The third-order valence-corrected chi connectivity index (χ3v) is 8.45. The van der Waals surface area contributed by atoms with Gasteiger partial charge < -0.3 is 19.4 Å². The Hall–Kier alpha value is -5.40. The first-order valence-corrected chi connectivity index (χ1v) is 16.9. The summed E-state index contributed by atoms with van der Waals surface area (Å²) in [5.41, 5.74) is 0.489. The Morgan fingerprint density at radius 1 is 1.04 bits per heavy atom. The van der Waals surface area contributed by atoms with E-state index in [9.17, 15) is 41.2 Å². The maximum Gasteiger partial charge on any atom is 0.511 e. The second-order valence-corrected chi connectivity index (χ2v) is 13.4. The molecule has 0 radical (unpaired) electrons. The molecule has 276 valence electrons. The molecular formula is C31H35F3N6O10S. The molecule has 16 nitrogen and oxygen atoms in total. The van der Waals surface area contributed by atoms with Crippen LogP contribution in [0.3, 0.4) is 0 Å². The molecule has 0 spiro atoms. The molecule has 1 N–H and O–H groups in total. The molecule has 2 heterocycles. The molecule has 1 atom stereocenters. The number of alkyl halides is 3. The monoisotopic (exact) mass is 740 g/mol. The smallest absolute Gasteiger partial charge is 0.511 e. The fourth-order valence-electron chi connectivity index (χ4n) is 4.49. The SMILES string of the molecule is Cc1ccc(-c2cc(C(F)(F)F)nn2-c2ccc(S(=O)(=O)NC(=O)CCC(=O)OCC3CN(/[N+]([O-])=N\OC(C)OC(=O)OC(C)C)C3)cc2)cc1. The topological polar surface area (TPSA) is 194 Å². The van der Waals surface area contributed by atoms with E-state index in [0.29, 0.717) is 5.56 Å². The van der Waals surface area contributed by atoms with Crippen molar-refractivity contribution in [2.45, 2.75) is 64.0 Å². The summed E-state index contributed by atoms with van der Waals surface area (Å²) < 4.78 is 83.7. The molecule has 1 saturated heterocycles. The number of halogens is 3. The Bertz CT molecular complexity index is 1840. The van der Waals surface area contributed by atoms with Crippen LogP contribution in [0.4, 0.5) is 18.0 Å². The van der Waals surface area contributed by atoms with Gasteiger partial charge in [0.15, 0.2) is 5.69 Å². The molecule has 51 heavy (non-hydrogen) atoms. The molecule has 1 fully saturated rings. The lowest BCUT2D eigenvalue weighted by molar-refractivity contribution is -0.728.